The fourth-order valence-corrected chi connectivity index (χ4v) is 5.48. The predicted molar refractivity (Wildman–Crippen MR) is 92.4 cm³/mol. The number of sulfone groups is 1. The number of hydrogen-bond donors (Lipinski definition) is 0. The average Bonchev–Trinajstić information content (AvgIpc) is 2.83. The van der Waals surface area contributed by atoms with Crippen molar-refractivity contribution in [3.05, 3.63) is 21.9 Å². The summed E-state index contributed by atoms with van der Waals surface area (Å²) in [5, 5.41) is 1.85. The predicted octanol–water partition coefficient (Wildman–Crippen LogP) is 1.53. The van der Waals surface area contributed by atoms with Gasteiger partial charge >= 0.3 is 0 Å². The van der Waals surface area contributed by atoms with E-state index < -0.39 is 9.84 Å². The zero-order chi connectivity index (χ0) is 16.4. The lowest BCUT2D eigenvalue weighted by atomic mass is 10.1. The summed E-state index contributed by atoms with van der Waals surface area (Å²) in [5.41, 5.74) is 1.28. The summed E-state index contributed by atoms with van der Waals surface area (Å²) in [6.07, 6.45) is 4.48. The number of thiophene rings is 1. The topological polar surface area (TPSA) is 57.7 Å². The van der Waals surface area contributed by atoms with Gasteiger partial charge in [-0.3, -0.25) is 9.69 Å². The summed E-state index contributed by atoms with van der Waals surface area (Å²) >= 11 is 1.77. The van der Waals surface area contributed by atoms with E-state index in [0.717, 1.165) is 32.5 Å². The van der Waals surface area contributed by atoms with Gasteiger partial charge in [-0.15, -0.1) is 11.3 Å². The highest BCUT2D eigenvalue weighted by atomic mass is 32.2. The van der Waals surface area contributed by atoms with Crippen molar-refractivity contribution in [3.63, 3.8) is 0 Å². The van der Waals surface area contributed by atoms with Crippen molar-refractivity contribution in [3.8, 4) is 0 Å². The molecule has 7 heteroatoms. The first-order chi connectivity index (χ1) is 10.9. The zero-order valence-electron chi connectivity index (χ0n) is 13.5. The maximum atomic E-state index is 12.6. The van der Waals surface area contributed by atoms with E-state index in [9.17, 15) is 13.2 Å². The minimum Gasteiger partial charge on any atom is -0.337 e. The summed E-state index contributed by atoms with van der Waals surface area (Å²) < 4.78 is 23.4. The smallest absolute Gasteiger partial charge is 0.237 e. The Kier molecular flexibility index (Phi) is 5.08. The van der Waals surface area contributed by atoms with Crippen LogP contribution in [0.3, 0.4) is 0 Å². The number of carbonyl (C=O) groups excluding carboxylic acids is 1. The van der Waals surface area contributed by atoms with Crippen LogP contribution in [0.15, 0.2) is 11.4 Å². The Labute approximate surface area is 142 Å². The van der Waals surface area contributed by atoms with E-state index in [-0.39, 0.29) is 11.2 Å². The van der Waals surface area contributed by atoms with Crippen LogP contribution in [0.25, 0.3) is 0 Å². The minimum atomic E-state index is -2.97. The fraction of sp³-hybridized carbons (Fsp3) is 0.688. The Hall–Kier alpha value is -0.920. The molecule has 1 saturated heterocycles. The van der Waals surface area contributed by atoms with Crippen LogP contribution >= 0.6 is 11.3 Å². The lowest BCUT2D eigenvalue weighted by molar-refractivity contribution is -0.133. The van der Waals surface area contributed by atoms with Gasteiger partial charge in [-0.2, -0.15) is 0 Å². The van der Waals surface area contributed by atoms with E-state index in [4.69, 9.17) is 0 Å². The fourth-order valence-electron chi connectivity index (χ4n) is 3.46. The van der Waals surface area contributed by atoms with Crippen molar-refractivity contribution >= 4 is 27.1 Å². The van der Waals surface area contributed by atoms with E-state index in [0.29, 0.717) is 25.9 Å². The summed E-state index contributed by atoms with van der Waals surface area (Å²) in [6, 6.07) is 2.11. The van der Waals surface area contributed by atoms with Crippen LogP contribution in [0.2, 0.25) is 0 Å². The third-order valence-corrected chi connectivity index (χ3v) is 7.60. The van der Waals surface area contributed by atoms with E-state index >= 15 is 0 Å². The van der Waals surface area contributed by atoms with Gasteiger partial charge in [-0.1, -0.05) is 0 Å². The second-order valence-electron chi connectivity index (χ2n) is 6.59. The summed E-state index contributed by atoms with van der Waals surface area (Å²) in [4.78, 5) is 18.0. The highest BCUT2D eigenvalue weighted by Crippen LogP contribution is 2.24. The normalized spacial score (nSPS) is 23.3. The van der Waals surface area contributed by atoms with E-state index in [1.807, 2.05) is 4.90 Å². The molecule has 0 aliphatic carbocycles. The van der Waals surface area contributed by atoms with Crippen molar-refractivity contribution < 1.29 is 13.2 Å². The third-order valence-electron chi connectivity index (χ3n) is 4.89. The van der Waals surface area contributed by atoms with Crippen molar-refractivity contribution in [1.82, 2.24) is 9.80 Å². The molecule has 1 aromatic rings. The lowest BCUT2D eigenvalue weighted by Crippen LogP contribution is -2.42. The van der Waals surface area contributed by atoms with Gasteiger partial charge in [0.25, 0.3) is 0 Å². The van der Waals surface area contributed by atoms with Crippen LogP contribution < -0.4 is 0 Å². The maximum Gasteiger partial charge on any atom is 0.237 e. The molecule has 23 heavy (non-hydrogen) atoms. The number of amides is 1. The first-order valence-electron chi connectivity index (χ1n) is 8.18. The van der Waals surface area contributed by atoms with Crippen LogP contribution in [-0.4, -0.2) is 61.8 Å². The second-order valence-corrected chi connectivity index (χ2v) is 9.92. The average molecular weight is 357 g/mol. The number of nitrogens with zero attached hydrogens (tertiary/aromatic N) is 2. The van der Waals surface area contributed by atoms with Gasteiger partial charge in [0.15, 0.2) is 0 Å². The number of rotatable bonds is 3. The lowest BCUT2D eigenvalue weighted by Gasteiger charge is -2.29. The molecule has 2 aliphatic heterocycles. The molecule has 1 amide bonds. The van der Waals surface area contributed by atoms with Crippen molar-refractivity contribution in [2.75, 3.05) is 32.4 Å². The summed E-state index contributed by atoms with van der Waals surface area (Å²) in [7, 11) is -2.97. The van der Waals surface area contributed by atoms with Crippen molar-refractivity contribution in [2.45, 2.75) is 37.5 Å². The van der Waals surface area contributed by atoms with Crippen LogP contribution in [-0.2, 0) is 27.6 Å². The van der Waals surface area contributed by atoms with Crippen molar-refractivity contribution in [2.24, 2.45) is 0 Å². The van der Waals surface area contributed by atoms with Gasteiger partial charge in [0.05, 0.1) is 11.8 Å². The number of hydrogen-bond acceptors (Lipinski definition) is 5. The van der Waals surface area contributed by atoms with Crippen LogP contribution in [0.5, 0.6) is 0 Å². The molecule has 0 spiro atoms. The first kappa shape index (κ1) is 16.9. The van der Waals surface area contributed by atoms with Gasteiger partial charge in [-0.05, 0) is 55.8 Å². The number of fused-ring (bicyclic) bond motifs is 1. The molecule has 0 bridgehead atoms. The number of likely N-dealkylation sites (tertiary alicyclic amines) is 1. The van der Waals surface area contributed by atoms with E-state index in [2.05, 4.69) is 16.3 Å². The Morgan fingerprint density at radius 3 is 2.91 bits per heavy atom. The molecule has 1 atom stereocenters. The van der Waals surface area contributed by atoms with Crippen LogP contribution in [0.4, 0.5) is 0 Å². The molecule has 5 nitrogen and oxygen atoms in total. The third kappa shape index (κ3) is 4.14. The Balaban J connectivity index is 1.54. The first-order valence-corrected chi connectivity index (χ1v) is 11.0. The minimum absolute atomic E-state index is 0.166. The molecule has 0 saturated carbocycles. The monoisotopic (exact) mass is 356 g/mol. The highest BCUT2D eigenvalue weighted by molar-refractivity contribution is 7.91. The standard InChI is InChI=1S/C16H24N2O3S2/c1-23(20,21)14-3-2-7-17(8-4-14)12-16(19)18-9-5-15-13(11-18)6-10-22-15/h6,10,14H,2-5,7-9,11-12H2,1H3. The summed E-state index contributed by atoms with van der Waals surface area (Å²) in [5.74, 6) is 0.166. The Morgan fingerprint density at radius 1 is 1.30 bits per heavy atom. The van der Waals surface area contributed by atoms with E-state index in [1.165, 1.54) is 16.7 Å². The molecule has 0 N–H and O–H groups in total. The van der Waals surface area contributed by atoms with Gasteiger partial charge in [0, 0.05) is 24.2 Å². The molecule has 1 aromatic heterocycles. The van der Waals surface area contributed by atoms with Gasteiger partial charge < -0.3 is 4.90 Å². The quantitative estimate of drug-likeness (QED) is 0.824. The van der Waals surface area contributed by atoms with Crippen LogP contribution in [0, 0.1) is 0 Å². The van der Waals surface area contributed by atoms with E-state index in [1.54, 1.807) is 11.3 Å². The summed E-state index contributed by atoms with van der Waals surface area (Å²) in [6.45, 7) is 3.44. The molecule has 3 heterocycles. The van der Waals surface area contributed by atoms with Crippen molar-refractivity contribution in [1.29, 1.82) is 0 Å². The number of carbonyl (C=O) groups is 1. The van der Waals surface area contributed by atoms with Gasteiger partial charge in [0.2, 0.25) is 5.91 Å². The Morgan fingerprint density at radius 2 is 2.13 bits per heavy atom. The van der Waals surface area contributed by atoms with Crippen LogP contribution in [0.1, 0.15) is 29.7 Å². The molecule has 128 valence electrons. The molecule has 1 fully saturated rings. The van der Waals surface area contributed by atoms with Gasteiger partial charge in [-0.25, -0.2) is 8.42 Å². The van der Waals surface area contributed by atoms with Gasteiger partial charge in [0.1, 0.15) is 9.84 Å². The molecule has 1 unspecified atom stereocenters. The Bertz CT molecular complexity index is 669. The SMILES string of the molecule is CS(=O)(=O)C1CCCN(CC(=O)N2CCc3sccc3C2)CC1. The highest BCUT2D eigenvalue weighted by Gasteiger charge is 2.27. The molecule has 3 rings (SSSR count). The maximum absolute atomic E-state index is 12.6. The molecular formula is C16H24N2O3S2. The molecular weight excluding hydrogens is 332 g/mol. The zero-order valence-corrected chi connectivity index (χ0v) is 15.2. The molecule has 2 aliphatic rings. The molecule has 0 aromatic carbocycles. The largest absolute Gasteiger partial charge is 0.337 e. The second kappa shape index (κ2) is 6.91. The molecule has 0 radical (unpaired) electrons.